The topological polar surface area (TPSA) is 63.7 Å². The minimum atomic E-state index is -3.75. The van der Waals surface area contributed by atoms with Crippen molar-refractivity contribution >= 4 is 27.6 Å². The van der Waals surface area contributed by atoms with E-state index in [0.29, 0.717) is 24.4 Å². The highest BCUT2D eigenvalue weighted by molar-refractivity contribution is 7.89. The molecule has 0 N–H and O–H groups in total. The van der Waals surface area contributed by atoms with E-state index in [1.54, 1.807) is 48.5 Å². The number of sulfonamides is 1. The van der Waals surface area contributed by atoms with E-state index in [9.17, 15) is 13.2 Å². The summed E-state index contributed by atoms with van der Waals surface area (Å²) < 4.78 is 32.3. The molecule has 0 amide bonds. The number of esters is 1. The molecule has 1 saturated heterocycles. The molecule has 132 valence electrons. The van der Waals surface area contributed by atoms with E-state index < -0.39 is 22.0 Å². The van der Waals surface area contributed by atoms with Crippen LogP contribution in [0.3, 0.4) is 0 Å². The molecule has 0 radical (unpaired) electrons. The molecule has 1 heterocycles. The predicted molar refractivity (Wildman–Crippen MR) is 95.2 cm³/mol. The first-order valence-electron chi connectivity index (χ1n) is 7.94. The number of nitrogens with zero attached hydrogens (tertiary/aromatic N) is 1. The van der Waals surface area contributed by atoms with Gasteiger partial charge in [-0.25, -0.2) is 13.2 Å². The van der Waals surface area contributed by atoms with E-state index in [0.717, 1.165) is 5.56 Å². The van der Waals surface area contributed by atoms with Gasteiger partial charge in [0.25, 0.3) is 0 Å². The zero-order chi connectivity index (χ0) is 18.0. The van der Waals surface area contributed by atoms with Gasteiger partial charge >= 0.3 is 5.97 Å². The number of carbonyl (C=O) groups excluding carboxylic acids is 1. The summed E-state index contributed by atoms with van der Waals surface area (Å²) in [4.78, 5) is 12.7. The number of rotatable bonds is 4. The summed E-state index contributed by atoms with van der Waals surface area (Å²) in [5, 5.41) is 0.307. The summed E-state index contributed by atoms with van der Waals surface area (Å²) in [5.41, 5.74) is 0.968. The Hall–Kier alpha value is -1.89. The molecule has 1 unspecified atom stereocenters. The molecule has 0 spiro atoms. The predicted octanol–water partition coefficient (Wildman–Crippen LogP) is 3.41. The number of ether oxygens (including phenoxy) is 1. The maximum Gasteiger partial charge on any atom is 0.329 e. The van der Waals surface area contributed by atoms with E-state index in [1.165, 1.54) is 4.31 Å². The minimum absolute atomic E-state index is 0.176. The molecule has 0 aromatic heterocycles. The van der Waals surface area contributed by atoms with Crippen molar-refractivity contribution in [2.75, 3.05) is 6.54 Å². The summed E-state index contributed by atoms with van der Waals surface area (Å²) in [6, 6.07) is 12.3. The molecule has 1 fully saturated rings. The van der Waals surface area contributed by atoms with E-state index >= 15 is 0 Å². The van der Waals surface area contributed by atoms with Crippen LogP contribution in [-0.2, 0) is 14.8 Å². The van der Waals surface area contributed by atoms with Crippen molar-refractivity contribution < 1.29 is 17.9 Å². The maximum atomic E-state index is 12.9. The minimum Gasteiger partial charge on any atom is -0.424 e. The average molecular weight is 380 g/mol. The summed E-state index contributed by atoms with van der Waals surface area (Å²) in [7, 11) is -3.75. The van der Waals surface area contributed by atoms with E-state index in [1.807, 2.05) is 6.92 Å². The van der Waals surface area contributed by atoms with Crippen molar-refractivity contribution in [3.63, 3.8) is 0 Å². The van der Waals surface area contributed by atoms with Crippen molar-refractivity contribution in [1.29, 1.82) is 0 Å². The van der Waals surface area contributed by atoms with Crippen LogP contribution in [0.15, 0.2) is 53.4 Å². The summed E-state index contributed by atoms with van der Waals surface area (Å²) >= 11 is 6.00. The molecule has 25 heavy (non-hydrogen) atoms. The smallest absolute Gasteiger partial charge is 0.329 e. The highest BCUT2D eigenvalue weighted by Crippen LogP contribution is 2.29. The number of benzene rings is 2. The Morgan fingerprint density at radius 1 is 1.16 bits per heavy atom. The third-order valence-electron chi connectivity index (χ3n) is 4.15. The Bertz CT molecular complexity index is 880. The van der Waals surface area contributed by atoms with Crippen LogP contribution < -0.4 is 4.74 Å². The van der Waals surface area contributed by atoms with Crippen LogP contribution in [0.1, 0.15) is 18.4 Å². The molecule has 2 aromatic rings. The van der Waals surface area contributed by atoms with Crippen LogP contribution >= 0.6 is 11.6 Å². The Morgan fingerprint density at radius 3 is 2.52 bits per heavy atom. The molecule has 1 aliphatic rings. The second-order valence-electron chi connectivity index (χ2n) is 5.94. The molecule has 1 atom stereocenters. The number of hydrogen-bond acceptors (Lipinski definition) is 4. The Balaban J connectivity index is 1.83. The van der Waals surface area contributed by atoms with Gasteiger partial charge < -0.3 is 4.74 Å². The van der Waals surface area contributed by atoms with Crippen molar-refractivity contribution in [2.45, 2.75) is 30.7 Å². The molecule has 0 bridgehead atoms. The highest BCUT2D eigenvalue weighted by atomic mass is 35.5. The first-order valence-corrected chi connectivity index (χ1v) is 9.76. The van der Waals surface area contributed by atoms with Gasteiger partial charge in [-0.1, -0.05) is 41.4 Å². The number of carbonyl (C=O) groups is 1. The molecule has 1 aliphatic heterocycles. The van der Waals surface area contributed by atoms with Crippen LogP contribution in [0.25, 0.3) is 0 Å². The SMILES string of the molecule is Cc1ccc(S(=O)(=O)N2CCCC2C(=O)Oc2ccccc2Cl)cc1. The van der Waals surface area contributed by atoms with Gasteiger partial charge in [0.1, 0.15) is 11.8 Å². The van der Waals surface area contributed by atoms with Gasteiger partial charge in [-0.2, -0.15) is 4.31 Å². The largest absolute Gasteiger partial charge is 0.424 e. The molecule has 0 saturated carbocycles. The van der Waals surface area contributed by atoms with E-state index in [-0.39, 0.29) is 10.6 Å². The zero-order valence-corrected chi connectivity index (χ0v) is 15.3. The van der Waals surface area contributed by atoms with Gasteiger partial charge in [-0.3, -0.25) is 0 Å². The molecule has 5 nitrogen and oxygen atoms in total. The van der Waals surface area contributed by atoms with Crippen molar-refractivity contribution in [3.05, 3.63) is 59.1 Å². The quantitative estimate of drug-likeness (QED) is 0.603. The third kappa shape index (κ3) is 3.71. The van der Waals surface area contributed by atoms with E-state index in [2.05, 4.69) is 0 Å². The molecule has 7 heteroatoms. The third-order valence-corrected chi connectivity index (χ3v) is 6.39. The van der Waals surface area contributed by atoms with Gasteiger partial charge in [0.05, 0.1) is 9.92 Å². The Kier molecular flexibility index (Phi) is 5.13. The standard InChI is InChI=1S/C18H18ClNO4S/c1-13-8-10-14(11-9-13)25(22,23)20-12-4-6-16(20)18(21)24-17-7-3-2-5-15(17)19/h2-3,5,7-11,16H,4,6,12H2,1H3. The average Bonchev–Trinajstić information content (AvgIpc) is 3.08. The lowest BCUT2D eigenvalue weighted by Crippen LogP contribution is -2.42. The van der Waals surface area contributed by atoms with Crippen LogP contribution in [0.4, 0.5) is 0 Å². The van der Waals surface area contributed by atoms with Gasteiger partial charge in [0.2, 0.25) is 10.0 Å². The Morgan fingerprint density at radius 2 is 1.84 bits per heavy atom. The number of para-hydroxylation sites is 1. The fraction of sp³-hybridized carbons (Fsp3) is 0.278. The molecule has 0 aliphatic carbocycles. The fourth-order valence-electron chi connectivity index (χ4n) is 2.81. The summed E-state index contributed by atoms with van der Waals surface area (Å²) in [5.74, 6) is -0.380. The van der Waals surface area contributed by atoms with Gasteiger partial charge in [-0.15, -0.1) is 0 Å². The van der Waals surface area contributed by atoms with Gasteiger partial charge in [0, 0.05) is 6.54 Å². The summed E-state index contributed by atoms with van der Waals surface area (Å²) in [6.45, 7) is 2.18. The molecular weight excluding hydrogens is 362 g/mol. The molecule has 3 rings (SSSR count). The number of halogens is 1. The van der Waals surface area contributed by atoms with Crippen molar-refractivity contribution in [1.82, 2.24) is 4.31 Å². The van der Waals surface area contributed by atoms with Crippen LogP contribution in [0.5, 0.6) is 5.75 Å². The van der Waals surface area contributed by atoms with Gasteiger partial charge in [-0.05, 0) is 44.0 Å². The first kappa shape index (κ1) is 17.9. The highest BCUT2D eigenvalue weighted by Gasteiger charge is 2.40. The van der Waals surface area contributed by atoms with Crippen LogP contribution in [0, 0.1) is 6.92 Å². The van der Waals surface area contributed by atoms with Crippen molar-refractivity contribution in [2.24, 2.45) is 0 Å². The number of hydrogen-bond donors (Lipinski definition) is 0. The second-order valence-corrected chi connectivity index (χ2v) is 8.24. The maximum absolute atomic E-state index is 12.9. The fourth-order valence-corrected chi connectivity index (χ4v) is 4.63. The van der Waals surface area contributed by atoms with Gasteiger partial charge in [0.15, 0.2) is 0 Å². The monoisotopic (exact) mass is 379 g/mol. The number of aryl methyl sites for hydroxylation is 1. The summed E-state index contributed by atoms with van der Waals surface area (Å²) in [6.07, 6.45) is 1.03. The lowest BCUT2D eigenvalue weighted by molar-refractivity contribution is -0.137. The lowest BCUT2D eigenvalue weighted by atomic mass is 10.2. The van der Waals surface area contributed by atoms with E-state index in [4.69, 9.17) is 16.3 Å². The lowest BCUT2D eigenvalue weighted by Gasteiger charge is -2.23. The Labute approximate surface area is 152 Å². The zero-order valence-electron chi connectivity index (χ0n) is 13.7. The molecular formula is C18H18ClNO4S. The second kappa shape index (κ2) is 7.15. The van der Waals surface area contributed by atoms with Crippen LogP contribution in [0.2, 0.25) is 5.02 Å². The normalized spacial score (nSPS) is 18.2. The first-order chi connectivity index (χ1) is 11.9. The molecule has 2 aromatic carbocycles. The van der Waals surface area contributed by atoms with Crippen molar-refractivity contribution in [3.8, 4) is 5.75 Å². The van der Waals surface area contributed by atoms with Crippen LogP contribution in [-0.4, -0.2) is 31.3 Å².